The molecule has 0 aromatic carbocycles. The Kier molecular flexibility index (Phi) is 12.0. The Balaban J connectivity index is 3.63. The van der Waals surface area contributed by atoms with E-state index in [2.05, 4.69) is 71.6 Å². The number of rotatable bonds is 12. The summed E-state index contributed by atoms with van der Waals surface area (Å²) in [5, 5.41) is 22.6. The smallest absolute Gasteiger partial charge is 0.0700 e. The van der Waals surface area contributed by atoms with Crippen molar-refractivity contribution < 1.29 is 10.2 Å². The molecule has 0 saturated carbocycles. The van der Waals surface area contributed by atoms with E-state index in [1.54, 1.807) is 5.30 Å². The minimum absolute atomic E-state index is 0.0860. The fourth-order valence-corrected chi connectivity index (χ4v) is 11.4. The SMILES string of the molecule is CCc1cccccp(CC(CO)(CO)C[P+](CC)(CC)CC)c(CC)c1CC. The molecule has 1 rings (SSSR count). The van der Waals surface area contributed by atoms with Crippen molar-refractivity contribution >= 4 is 14.8 Å². The second-order valence-electron chi connectivity index (χ2n) is 8.30. The van der Waals surface area contributed by atoms with Crippen LogP contribution in [0.5, 0.6) is 0 Å². The van der Waals surface area contributed by atoms with Crippen LogP contribution in [0.1, 0.15) is 58.0 Å². The van der Waals surface area contributed by atoms with Crippen molar-refractivity contribution in [3.63, 3.8) is 0 Å². The van der Waals surface area contributed by atoms with E-state index in [1.165, 1.54) is 29.6 Å². The molecule has 0 radical (unpaired) electrons. The molecular weight excluding hydrogens is 394 g/mol. The molecule has 29 heavy (non-hydrogen) atoms. The lowest BCUT2D eigenvalue weighted by Gasteiger charge is -2.36. The summed E-state index contributed by atoms with van der Waals surface area (Å²) < 4.78 is 0. The molecule has 1 heterocycles. The maximum Gasteiger partial charge on any atom is 0.0700 e. The maximum atomic E-state index is 10.5. The van der Waals surface area contributed by atoms with Crippen LogP contribution in [0.25, 0.3) is 0 Å². The Morgan fingerprint density at radius 1 is 0.828 bits per heavy atom. The van der Waals surface area contributed by atoms with Gasteiger partial charge >= 0.3 is 0 Å². The molecule has 2 N–H and O–H groups in total. The summed E-state index contributed by atoms with van der Waals surface area (Å²) in [6.07, 6.45) is 8.65. The molecule has 2 nitrogen and oxygen atoms in total. The molecule has 1 aromatic heterocycles. The van der Waals surface area contributed by atoms with E-state index in [9.17, 15) is 10.2 Å². The fourth-order valence-electron chi connectivity index (χ4n) is 4.64. The first-order valence-corrected chi connectivity index (χ1v) is 15.7. The average molecular weight is 440 g/mol. The van der Waals surface area contributed by atoms with Gasteiger partial charge in [0, 0.05) is 7.26 Å². The molecular formula is C25H45O2P2+. The zero-order chi connectivity index (χ0) is 21.9. The van der Waals surface area contributed by atoms with Crippen LogP contribution in [-0.4, -0.2) is 48.1 Å². The molecule has 1 unspecified atom stereocenters. The number of aliphatic hydroxyl groups excluding tert-OH is 2. The first kappa shape index (κ1) is 26.6. The van der Waals surface area contributed by atoms with Crippen molar-refractivity contribution in [1.82, 2.24) is 0 Å². The van der Waals surface area contributed by atoms with Gasteiger partial charge in [-0.1, -0.05) is 45.0 Å². The summed E-state index contributed by atoms with van der Waals surface area (Å²) in [4.78, 5) is 0. The van der Waals surface area contributed by atoms with Crippen LogP contribution < -0.4 is 0 Å². The van der Waals surface area contributed by atoms with Gasteiger partial charge in [0.2, 0.25) is 0 Å². The zero-order valence-corrected chi connectivity index (χ0v) is 21.5. The molecule has 1 atom stereocenters. The zero-order valence-electron chi connectivity index (χ0n) is 19.7. The number of hydrogen-bond acceptors (Lipinski definition) is 2. The second kappa shape index (κ2) is 13.1. The molecule has 0 amide bonds. The number of aliphatic hydroxyl groups is 2. The summed E-state index contributed by atoms with van der Waals surface area (Å²) in [5.74, 6) is 2.37. The Labute approximate surface area is 181 Å². The summed E-state index contributed by atoms with van der Waals surface area (Å²) in [6, 6.07) is 8.75. The van der Waals surface area contributed by atoms with Gasteiger partial charge in [-0.05, 0) is 68.4 Å². The first-order chi connectivity index (χ1) is 13.9. The lowest BCUT2D eigenvalue weighted by molar-refractivity contribution is 0.0813. The molecule has 166 valence electrons. The molecule has 0 bridgehead atoms. The van der Waals surface area contributed by atoms with Gasteiger partial charge in [0.15, 0.2) is 0 Å². The van der Waals surface area contributed by atoms with Crippen LogP contribution >= 0.6 is 14.8 Å². The maximum absolute atomic E-state index is 10.5. The lowest BCUT2D eigenvalue weighted by atomic mass is 9.96. The second-order valence-corrected chi connectivity index (χ2v) is 15.3. The van der Waals surface area contributed by atoms with E-state index in [0.29, 0.717) is 0 Å². The van der Waals surface area contributed by atoms with E-state index >= 15 is 0 Å². The van der Waals surface area contributed by atoms with E-state index in [-0.39, 0.29) is 18.6 Å². The van der Waals surface area contributed by atoms with E-state index < -0.39 is 14.8 Å². The minimum atomic E-state index is -1.13. The van der Waals surface area contributed by atoms with Crippen LogP contribution in [0.4, 0.5) is 0 Å². The third-order valence-electron chi connectivity index (χ3n) is 6.80. The van der Waals surface area contributed by atoms with Gasteiger partial charge in [-0.25, -0.2) is 0 Å². The van der Waals surface area contributed by atoms with Gasteiger partial charge in [0.25, 0.3) is 0 Å². The van der Waals surface area contributed by atoms with Gasteiger partial charge in [-0.15, -0.1) is 7.53 Å². The largest absolute Gasteiger partial charge is 0.396 e. The lowest BCUT2D eigenvalue weighted by Crippen LogP contribution is -2.37. The van der Waals surface area contributed by atoms with Gasteiger partial charge in [-0.2, -0.15) is 0 Å². The molecule has 0 aliphatic rings. The summed E-state index contributed by atoms with van der Waals surface area (Å²) in [6.45, 7) is 13.9. The van der Waals surface area contributed by atoms with Crippen LogP contribution in [0.3, 0.4) is 0 Å². The summed E-state index contributed by atoms with van der Waals surface area (Å²) in [5.41, 5.74) is 2.57. The number of hydrogen-bond donors (Lipinski definition) is 2. The monoisotopic (exact) mass is 439 g/mol. The molecule has 0 aliphatic carbocycles. The highest BCUT2D eigenvalue weighted by atomic mass is 31.2. The van der Waals surface area contributed by atoms with E-state index in [4.69, 9.17) is 0 Å². The molecule has 0 aliphatic heterocycles. The molecule has 0 spiro atoms. The quantitative estimate of drug-likeness (QED) is 0.363. The average Bonchev–Trinajstić information content (AvgIpc) is 2.85. The molecule has 0 saturated heterocycles. The molecule has 1 aromatic rings. The summed E-state index contributed by atoms with van der Waals surface area (Å²) >= 11 is 0. The predicted molar refractivity (Wildman–Crippen MR) is 135 cm³/mol. The highest BCUT2D eigenvalue weighted by molar-refractivity contribution is 7.75. The highest BCUT2D eigenvalue weighted by Crippen LogP contribution is 2.62. The van der Waals surface area contributed by atoms with E-state index in [0.717, 1.165) is 31.6 Å². The summed E-state index contributed by atoms with van der Waals surface area (Å²) in [7, 11) is -1.67. The van der Waals surface area contributed by atoms with Gasteiger partial charge in [0.1, 0.15) is 0 Å². The number of aryl methyl sites for hydroxylation is 1. The van der Waals surface area contributed by atoms with Crippen molar-refractivity contribution in [3.05, 3.63) is 46.5 Å². The standard InChI is InChI=1S/C25H45O2P2/c1-7-22-16-14-13-15-17-28(24(9-3)23(22)8-2)20-25(18-26,19-27)21-29(10-4,11-5)12-6/h13-17,26-27H,7-12,18-21H2,1-6H3/q+1. The van der Waals surface area contributed by atoms with E-state index in [1.807, 2.05) is 0 Å². The molecule has 4 heteroatoms. The predicted octanol–water partition coefficient (Wildman–Crippen LogP) is 6.53. The van der Waals surface area contributed by atoms with Crippen LogP contribution in [0.2, 0.25) is 0 Å². The van der Waals surface area contributed by atoms with Crippen LogP contribution in [-0.2, 0) is 25.4 Å². The minimum Gasteiger partial charge on any atom is -0.396 e. The first-order valence-electron chi connectivity index (χ1n) is 11.5. The van der Waals surface area contributed by atoms with Crippen molar-refractivity contribution in [3.8, 4) is 0 Å². The van der Waals surface area contributed by atoms with Crippen molar-refractivity contribution in [2.45, 2.75) is 67.0 Å². The third-order valence-corrected chi connectivity index (χ3v) is 15.0. The van der Waals surface area contributed by atoms with Crippen molar-refractivity contribution in [1.29, 1.82) is 0 Å². The third kappa shape index (κ3) is 6.80. The van der Waals surface area contributed by atoms with Gasteiger partial charge in [0.05, 0.1) is 43.3 Å². The fraction of sp³-hybridized carbons (Fsp3) is 0.680. The Morgan fingerprint density at radius 3 is 1.90 bits per heavy atom. The molecule has 0 fully saturated rings. The van der Waals surface area contributed by atoms with Crippen LogP contribution in [0, 0.1) is 5.41 Å². The normalized spacial score (nSPS) is 12.8. The highest BCUT2D eigenvalue weighted by Gasteiger charge is 2.43. The Bertz CT molecular complexity index is 649. The Morgan fingerprint density at radius 2 is 1.45 bits per heavy atom. The van der Waals surface area contributed by atoms with Crippen LogP contribution in [0.15, 0.2) is 30.1 Å². The van der Waals surface area contributed by atoms with Crippen molar-refractivity contribution in [2.24, 2.45) is 5.41 Å². The van der Waals surface area contributed by atoms with Crippen molar-refractivity contribution in [2.75, 3.05) is 37.9 Å². The van der Waals surface area contributed by atoms with Gasteiger partial charge in [-0.3, -0.25) is 0 Å². The topological polar surface area (TPSA) is 40.5 Å². The Hall–Kier alpha value is -0.390. The van der Waals surface area contributed by atoms with Gasteiger partial charge < -0.3 is 10.2 Å².